The molecule has 0 amide bonds. The van der Waals surface area contributed by atoms with Gasteiger partial charge < -0.3 is 9.84 Å². The van der Waals surface area contributed by atoms with Crippen LogP contribution < -0.4 is 4.74 Å². The molecule has 1 aromatic rings. The maximum absolute atomic E-state index is 12.0. The number of alkyl halides is 3. The normalized spacial score (nSPS) is 14.5. The van der Waals surface area contributed by atoms with Gasteiger partial charge in [-0.3, -0.25) is 0 Å². The van der Waals surface area contributed by atoms with Crippen LogP contribution in [0.4, 0.5) is 13.2 Å². The number of ether oxygens (including phenoxy) is 1. The van der Waals surface area contributed by atoms with E-state index in [1.165, 1.54) is 12.1 Å². The van der Waals surface area contributed by atoms with Gasteiger partial charge in [0.05, 0.1) is 18.1 Å². The molecule has 19 heavy (non-hydrogen) atoms. The molecule has 0 aliphatic rings. The van der Waals surface area contributed by atoms with Crippen LogP contribution in [-0.4, -0.2) is 11.5 Å². The van der Waals surface area contributed by atoms with Gasteiger partial charge in [-0.2, -0.15) is 5.26 Å². The summed E-state index contributed by atoms with van der Waals surface area (Å²) in [7, 11) is 0. The Morgan fingerprint density at radius 1 is 1.32 bits per heavy atom. The Bertz CT molecular complexity index is 437. The third kappa shape index (κ3) is 4.79. The quantitative estimate of drug-likeness (QED) is 0.892. The van der Waals surface area contributed by atoms with Crippen molar-refractivity contribution in [3.05, 3.63) is 29.8 Å². The number of hydrogen-bond donors (Lipinski definition) is 1. The van der Waals surface area contributed by atoms with E-state index in [0.717, 1.165) is 18.6 Å². The summed E-state index contributed by atoms with van der Waals surface area (Å²) < 4.78 is 39.6. The first kappa shape index (κ1) is 15.3. The van der Waals surface area contributed by atoms with Gasteiger partial charge in [-0.15, -0.1) is 13.2 Å². The minimum Gasteiger partial charge on any atom is -0.406 e. The zero-order valence-electron chi connectivity index (χ0n) is 10.3. The van der Waals surface area contributed by atoms with E-state index in [9.17, 15) is 18.3 Å². The van der Waals surface area contributed by atoms with Gasteiger partial charge >= 0.3 is 6.36 Å². The average molecular weight is 273 g/mol. The van der Waals surface area contributed by atoms with Crippen molar-refractivity contribution >= 4 is 0 Å². The van der Waals surface area contributed by atoms with Gasteiger partial charge in [-0.25, -0.2) is 0 Å². The fourth-order valence-corrected chi connectivity index (χ4v) is 1.70. The van der Waals surface area contributed by atoms with Crippen LogP contribution >= 0.6 is 0 Å². The SMILES string of the molecule is CCCC(C#N)C(O)c1ccc(OC(F)(F)F)cc1. The van der Waals surface area contributed by atoms with Crippen molar-refractivity contribution in [1.82, 2.24) is 0 Å². The molecule has 1 N–H and O–H groups in total. The lowest BCUT2D eigenvalue weighted by atomic mass is 9.93. The second kappa shape index (κ2) is 6.43. The summed E-state index contributed by atoms with van der Waals surface area (Å²) in [6.07, 6.45) is -4.48. The molecule has 0 saturated carbocycles. The van der Waals surface area contributed by atoms with E-state index in [-0.39, 0.29) is 5.75 Å². The van der Waals surface area contributed by atoms with Crippen molar-refractivity contribution in [2.75, 3.05) is 0 Å². The third-order valence-electron chi connectivity index (χ3n) is 2.60. The molecule has 6 heteroatoms. The molecule has 1 aromatic carbocycles. The molecule has 0 spiro atoms. The van der Waals surface area contributed by atoms with E-state index < -0.39 is 18.4 Å². The number of aliphatic hydroxyl groups excluding tert-OH is 1. The Labute approximate surface area is 109 Å². The average Bonchev–Trinajstić information content (AvgIpc) is 2.34. The van der Waals surface area contributed by atoms with E-state index >= 15 is 0 Å². The van der Waals surface area contributed by atoms with Gasteiger partial charge in [-0.1, -0.05) is 25.5 Å². The highest BCUT2D eigenvalue weighted by Gasteiger charge is 2.31. The highest BCUT2D eigenvalue weighted by Crippen LogP contribution is 2.28. The topological polar surface area (TPSA) is 53.2 Å². The summed E-state index contributed by atoms with van der Waals surface area (Å²) in [6, 6.07) is 6.88. The molecule has 0 aliphatic heterocycles. The number of nitrogens with zero attached hydrogens (tertiary/aromatic N) is 1. The van der Waals surface area contributed by atoms with Gasteiger partial charge in [0.15, 0.2) is 0 Å². The minimum absolute atomic E-state index is 0.354. The number of aliphatic hydroxyl groups is 1. The van der Waals surface area contributed by atoms with Crippen molar-refractivity contribution in [1.29, 1.82) is 5.26 Å². The van der Waals surface area contributed by atoms with Crippen LogP contribution in [0.3, 0.4) is 0 Å². The Morgan fingerprint density at radius 2 is 1.89 bits per heavy atom. The summed E-state index contributed by atoms with van der Waals surface area (Å²) in [5, 5.41) is 18.9. The van der Waals surface area contributed by atoms with E-state index in [1.54, 1.807) is 0 Å². The monoisotopic (exact) mass is 273 g/mol. The molecular weight excluding hydrogens is 259 g/mol. The number of hydrogen-bond acceptors (Lipinski definition) is 3. The molecular formula is C13H14F3NO2. The molecule has 0 fully saturated rings. The molecule has 0 radical (unpaired) electrons. The van der Waals surface area contributed by atoms with Crippen LogP contribution in [-0.2, 0) is 0 Å². The first-order chi connectivity index (χ1) is 8.87. The minimum atomic E-state index is -4.74. The maximum Gasteiger partial charge on any atom is 0.573 e. The highest BCUT2D eigenvalue weighted by molar-refractivity contribution is 5.29. The molecule has 3 nitrogen and oxygen atoms in total. The molecule has 0 aromatic heterocycles. The number of halogens is 3. The molecule has 0 saturated heterocycles. The standard InChI is InChI=1S/C13H14F3NO2/c1-2-3-10(8-17)12(18)9-4-6-11(7-5-9)19-13(14,15)16/h4-7,10,12,18H,2-3H2,1H3. The van der Waals surface area contributed by atoms with Crippen LogP contribution in [0.5, 0.6) is 5.75 Å². The summed E-state index contributed by atoms with van der Waals surface area (Å²) in [4.78, 5) is 0. The van der Waals surface area contributed by atoms with Gasteiger partial charge in [0.2, 0.25) is 0 Å². The van der Waals surface area contributed by atoms with Gasteiger partial charge in [0, 0.05) is 0 Å². The Morgan fingerprint density at radius 3 is 2.32 bits per heavy atom. The molecule has 2 atom stereocenters. The van der Waals surface area contributed by atoms with Gasteiger partial charge in [0.1, 0.15) is 5.75 Å². The first-order valence-electron chi connectivity index (χ1n) is 5.80. The van der Waals surface area contributed by atoms with E-state index in [4.69, 9.17) is 5.26 Å². The Kier molecular flexibility index (Phi) is 5.19. The predicted octanol–water partition coefficient (Wildman–Crippen LogP) is 3.56. The number of nitriles is 1. The van der Waals surface area contributed by atoms with Crippen molar-refractivity contribution in [3.63, 3.8) is 0 Å². The molecule has 0 aliphatic carbocycles. The molecule has 104 valence electrons. The third-order valence-corrected chi connectivity index (χ3v) is 2.60. The summed E-state index contributed by atoms with van der Waals surface area (Å²) in [5.74, 6) is -0.924. The smallest absolute Gasteiger partial charge is 0.406 e. The van der Waals surface area contributed by atoms with Crippen LogP contribution in [0.15, 0.2) is 24.3 Å². The van der Waals surface area contributed by atoms with E-state index in [2.05, 4.69) is 4.74 Å². The van der Waals surface area contributed by atoms with Gasteiger partial charge in [-0.05, 0) is 24.1 Å². The summed E-state index contributed by atoms with van der Waals surface area (Å²) in [6.45, 7) is 1.89. The van der Waals surface area contributed by atoms with Crippen LogP contribution in [0.25, 0.3) is 0 Å². The summed E-state index contributed by atoms with van der Waals surface area (Å²) in [5.41, 5.74) is 0.398. The van der Waals surface area contributed by atoms with Crippen molar-refractivity contribution in [3.8, 4) is 11.8 Å². The molecule has 1 rings (SSSR count). The van der Waals surface area contributed by atoms with Crippen molar-refractivity contribution in [2.24, 2.45) is 5.92 Å². The lowest BCUT2D eigenvalue weighted by Gasteiger charge is -2.17. The number of rotatable bonds is 5. The Balaban J connectivity index is 2.78. The van der Waals surface area contributed by atoms with Crippen LogP contribution in [0.1, 0.15) is 31.4 Å². The Hall–Kier alpha value is -1.74. The second-order valence-corrected chi connectivity index (χ2v) is 4.09. The predicted molar refractivity (Wildman–Crippen MR) is 62.1 cm³/mol. The largest absolute Gasteiger partial charge is 0.573 e. The van der Waals surface area contributed by atoms with Gasteiger partial charge in [0.25, 0.3) is 0 Å². The molecule has 0 bridgehead atoms. The van der Waals surface area contributed by atoms with Crippen molar-refractivity contribution in [2.45, 2.75) is 32.2 Å². The molecule has 2 unspecified atom stereocenters. The number of benzene rings is 1. The van der Waals surface area contributed by atoms with E-state index in [0.29, 0.717) is 12.0 Å². The van der Waals surface area contributed by atoms with Crippen LogP contribution in [0, 0.1) is 17.2 Å². The highest BCUT2D eigenvalue weighted by atomic mass is 19.4. The van der Waals surface area contributed by atoms with Crippen molar-refractivity contribution < 1.29 is 23.0 Å². The molecule has 0 heterocycles. The fraction of sp³-hybridized carbons (Fsp3) is 0.462. The lowest BCUT2D eigenvalue weighted by Crippen LogP contribution is -2.17. The zero-order valence-corrected chi connectivity index (χ0v) is 10.3. The fourth-order valence-electron chi connectivity index (χ4n) is 1.70. The maximum atomic E-state index is 12.0. The first-order valence-corrected chi connectivity index (χ1v) is 5.80. The van der Waals surface area contributed by atoms with Crippen LogP contribution in [0.2, 0.25) is 0 Å². The summed E-state index contributed by atoms with van der Waals surface area (Å²) >= 11 is 0. The lowest BCUT2D eigenvalue weighted by molar-refractivity contribution is -0.274. The second-order valence-electron chi connectivity index (χ2n) is 4.09. The zero-order chi connectivity index (χ0) is 14.5. The van der Waals surface area contributed by atoms with E-state index in [1.807, 2.05) is 13.0 Å².